The van der Waals surface area contributed by atoms with Crippen LogP contribution in [0, 0.1) is 13.8 Å². The summed E-state index contributed by atoms with van der Waals surface area (Å²) in [6.07, 6.45) is 0. The van der Waals surface area contributed by atoms with Gasteiger partial charge in [-0.3, -0.25) is 14.4 Å². The van der Waals surface area contributed by atoms with Crippen LogP contribution in [0.1, 0.15) is 38.2 Å². The summed E-state index contributed by atoms with van der Waals surface area (Å²) in [4.78, 5) is 16.8. The third-order valence-corrected chi connectivity index (χ3v) is 7.04. The lowest BCUT2D eigenvalue weighted by atomic mass is 10.1. The molecule has 31 heavy (non-hydrogen) atoms. The summed E-state index contributed by atoms with van der Waals surface area (Å²) in [6.45, 7) is 8.08. The lowest BCUT2D eigenvalue weighted by Crippen LogP contribution is -2.43. The van der Waals surface area contributed by atoms with Crippen LogP contribution >= 0.6 is 22.9 Å². The molecule has 8 heteroatoms. The van der Waals surface area contributed by atoms with Crippen molar-refractivity contribution < 1.29 is 9.53 Å². The molecule has 1 fully saturated rings. The van der Waals surface area contributed by atoms with Crippen molar-refractivity contribution in [2.24, 2.45) is 0 Å². The molecule has 3 aromatic rings. The van der Waals surface area contributed by atoms with E-state index in [4.69, 9.17) is 16.3 Å². The lowest BCUT2D eigenvalue weighted by Gasteiger charge is -2.34. The van der Waals surface area contributed by atoms with Crippen molar-refractivity contribution >= 4 is 28.8 Å². The number of thiophene rings is 1. The van der Waals surface area contributed by atoms with Crippen LogP contribution in [-0.4, -0.2) is 53.4 Å². The van der Waals surface area contributed by atoms with E-state index in [-0.39, 0.29) is 11.9 Å². The maximum absolute atomic E-state index is 13.1. The molecule has 164 valence electrons. The fourth-order valence-electron chi connectivity index (χ4n) is 4.02. The molecular weight excluding hydrogens is 432 g/mol. The summed E-state index contributed by atoms with van der Waals surface area (Å²) >= 11 is 8.03. The molecule has 1 atom stereocenters. The Morgan fingerprint density at radius 2 is 2.00 bits per heavy atom. The standard InChI is InChI=1S/C23H27ClN4O2S/c1-16-22(17(2)28(26-16)15-18-6-3-4-7-19(18)24)23(29)25-14-20(21-8-5-13-31-21)27-9-11-30-12-10-27/h3-8,13,20H,9-12,14-15H2,1-2H3,(H,25,29)/t20-/m0/s1. The van der Waals surface area contributed by atoms with Crippen LogP contribution in [0.3, 0.4) is 0 Å². The number of aryl methyl sites for hydroxylation is 1. The predicted molar refractivity (Wildman–Crippen MR) is 124 cm³/mol. The van der Waals surface area contributed by atoms with Gasteiger partial charge in [0.15, 0.2) is 0 Å². The Hall–Kier alpha value is -2.19. The summed E-state index contributed by atoms with van der Waals surface area (Å²) in [5, 5.41) is 10.5. The molecule has 1 aliphatic rings. The van der Waals surface area contributed by atoms with Gasteiger partial charge < -0.3 is 10.1 Å². The van der Waals surface area contributed by atoms with Crippen molar-refractivity contribution in [1.29, 1.82) is 0 Å². The van der Waals surface area contributed by atoms with E-state index >= 15 is 0 Å². The molecule has 1 saturated heterocycles. The van der Waals surface area contributed by atoms with E-state index in [2.05, 4.69) is 32.8 Å². The van der Waals surface area contributed by atoms with Crippen molar-refractivity contribution in [1.82, 2.24) is 20.0 Å². The molecule has 2 aromatic heterocycles. The molecular formula is C23H27ClN4O2S. The largest absolute Gasteiger partial charge is 0.379 e. The molecule has 0 unspecified atom stereocenters. The molecule has 1 aliphatic heterocycles. The first-order valence-electron chi connectivity index (χ1n) is 10.5. The topological polar surface area (TPSA) is 59.4 Å². The van der Waals surface area contributed by atoms with Crippen molar-refractivity contribution in [3.8, 4) is 0 Å². The molecule has 0 saturated carbocycles. The zero-order chi connectivity index (χ0) is 21.8. The number of hydrogen-bond donors (Lipinski definition) is 1. The summed E-state index contributed by atoms with van der Waals surface area (Å²) in [6, 6.07) is 12.0. The smallest absolute Gasteiger partial charge is 0.255 e. The van der Waals surface area contributed by atoms with Gasteiger partial charge >= 0.3 is 0 Å². The number of rotatable bonds is 7. The molecule has 1 amide bonds. The highest BCUT2D eigenvalue weighted by atomic mass is 35.5. The molecule has 6 nitrogen and oxygen atoms in total. The maximum atomic E-state index is 13.1. The van der Waals surface area contributed by atoms with Crippen LogP contribution in [0.2, 0.25) is 5.02 Å². The average Bonchev–Trinajstić information content (AvgIpc) is 3.39. The van der Waals surface area contributed by atoms with Crippen LogP contribution in [0.4, 0.5) is 0 Å². The number of aromatic nitrogens is 2. The Morgan fingerprint density at radius 1 is 1.23 bits per heavy atom. The van der Waals surface area contributed by atoms with E-state index in [1.165, 1.54) is 4.88 Å². The molecule has 1 N–H and O–H groups in total. The normalized spacial score (nSPS) is 15.7. The highest BCUT2D eigenvalue weighted by Crippen LogP contribution is 2.26. The summed E-state index contributed by atoms with van der Waals surface area (Å²) in [7, 11) is 0. The number of carbonyl (C=O) groups excluding carboxylic acids is 1. The van der Waals surface area contributed by atoms with Crippen LogP contribution in [0.5, 0.6) is 0 Å². The van der Waals surface area contributed by atoms with Crippen LogP contribution in [0.15, 0.2) is 41.8 Å². The van der Waals surface area contributed by atoms with Crippen molar-refractivity contribution in [3.63, 3.8) is 0 Å². The second-order valence-corrected chi connectivity index (χ2v) is 9.07. The number of benzene rings is 1. The number of nitrogens with one attached hydrogen (secondary N) is 1. The van der Waals surface area contributed by atoms with Gasteiger partial charge in [0.1, 0.15) is 0 Å². The fraction of sp³-hybridized carbons (Fsp3) is 0.391. The van der Waals surface area contributed by atoms with Gasteiger partial charge in [-0.05, 0) is 36.9 Å². The number of carbonyl (C=O) groups is 1. The lowest BCUT2D eigenvalue weighted by molar-refractivity contribution is 0.0169. The molecule has 0 radical (unpaired) electrons. The van der Waals surface area contributed by atoms with Gasteiger partial charge in [0.25, 0.3) is 5.91 Å². The summed E-state index contributed by atoms with van der Waals surface area (Å²) in [5.74, 6) is -0.0878. The van der Waals surface area contributed by atoms with Gasteiger partial charge in [-0.25, -0.2) is 0 Å². The first-order chi connectivity index (χ1) is 15.0. The zero-order valence-electron chi connectivity index (χ0n) is 17.8. The van der Waals surface area contributed by atoms with Crippen LogP contribution in [-0.2, 0) is 11.3 Å². The third kappa shape index (κ3) is 5.01. The van der Waals surface area contributed by atoms with Crippen LogP contribution in [0.25, 0.3) is 0 Å². The monoisotopic (exact) mass is 458 g/mol. The summed E-state index contributed by atoms with van der Waals surface area (Å²) < 4.78 is 7.36. The van der Waals surface area contributed by atoms with Crippen molar-refractivity contribution in [3.05, 3.63) is 74.2 Å². The van der Waals surface area contributed by atoms with Gasteiger partial charge in [-0.1, -0.05) is 35.9 Å². The fourth-order valence-corrected chi connectivity index (χ4v) is 5.08. The molecule has 4 rings (SSSR count). The first-order valence-corrected chi connectivity index (χ1v) is 11.7. The first kappa shape index (κ1) is 22.0. The molecule has 0 bridgehead atoms. The van der Waals surface area contributed by atoms with Crippen molar-refractivity contribution in [2.75, 3.05) is 32.8 Å². The van der Waals surface area contributed by atoms with Gasteiger partial charge in [0, 0.05) is 35.2 Å². The Bertz CT molecular complexity index is 1030. The number of ether oxygens (including phenoxy) is 1. The van der Waals surface area contributed by atoms with E-state index in [0.717, 1.165) is 43.3 Å². The summed E-state index contributed by atoms with van der Waals surface area (Å²) in [5.41, 5.74) is 3.18. The van der Waals surface area contributed by atoms with Crippen LogP contribution < -0.4 is 5.32 Å². The Kier molecular flexibility index (Phi) is 7.07. The zero-order valence-corrected chi connectivity index (χ0v) is 19.4. The predicted octanol–water partition coefficient (Wildman–Crippen LogP) is 4.07. The quantitative estimate of drug-likeness (QED) is 0.580. The third-order valence-electron chi connectivity index (χ3n) is 5.70. The van der Waals surface area contributed by atoms with E-state index in [1.54, 1.807) is 11.3 Å². The SMILES string of the molecule is Cc1nn(Cc2ccccc2Cl)c(C)c1C(=O)NC[C@@H](c1cccs1)N1CCOCC1. The number of halogens is 1. The minimum Gasteiger partial charge on any atom is -0.379 e. The van der Waals surface area contributed by atoms with Gasteiger partial charge in [-0.15, -0.1) is 11.3 Å². The number of hydrogen-bond acceptors (Lipinski definition) is 5. The van der Waals surface area contributed by atoms with Gasteiger partial charge in [0.2, 0.25) is 0 Å². The Balaban J connectivity index is 1.49. The number of amides is 1. The minimum atomic E-state index is -0.0878. The highest BCUT2D eigenvalue weighted by molar-refractivity contribution is 7.10. The van der Waals surface area contributed by atoms with Gasteiger partial charge in [0.05, 0.1) is 37.1 Å². The average molecular weight is 459 g/mol. The minimum absolute atomic E-state index is 0.0878. The number of morpholine rings is 1. The molecule has 0 spiro atoms. The molecule has 0 aliphatic carbocycles. The Labute approximate surface area is 191 Å². The van der Waals surface area contributed by atoms with E-state index < -0.39 is 0 Å². The molecule has 1 aromatic carbocycles. The second-order valence-electron chi connectivity index (χ2n) is 7.68. The number of nitrogens with zero attached hydrogens (tertiary/aromatic N) is 3. The van der Waals surface area contributed by atoms with Crippen molar-refractivity contribution in [2.45, 2.75) is 26.4 Å². The van der Waals surface area contributed by atoms with E-state index in [1.807, 2.05) is 42.8 Å². The second kappa shape index (κ2) is 9.96. The molecule has 3 heterocycles. The van der Waals surface area contributed by atoms with E-state index in [9.17, 15) is 4.79 Å². The van der Waals surface area contributed by atoms with Gasteiger partial charge in [-0.2, -0.15) is 5.10 Å². The van der Waals surface area contributed by atoms with E-state index in [0.29, 0.717) is 23.7 Å². The maximum Gasteiger partial charge on any atom is 0.255 e. The highest BCUT2D eigenvalue weighted by Gasteiger charge is 2.25. The Morgan fingerprint density at radius 3 is 2.71 bits per heavy atom.